The molecule has 1 saturated heterocycles. The van der Waals surface area contributed by atoms with Gasteiger partial charge in [0.15, 0.2) is 0 Å². The molecule has 0 radical (unpaired) electrons. The molecule has 5 nitrogen and oxygen atoms in total. The summed E-state index contributed by atoms with van der Waals surface area (Å²) < 4.78 is 33.3. The second-order valence-corrected chi connectivity index (χ2v) is 7.44. The molecule has 1 fully saturated rings. The Balaban J connectivity index is 2.15. The van der Waals surface area contributed by atoms with Crippen molar-refractivity contribution in [1.82, 2.24) is 4.31 Å². The number of halogens is 1. The van der Waals surface area contributed by atoms with Crippen LogP contribution >= 0.6 is 11.6 Å². The van der Waals surface area contributed by atoms with Gasteiger partial charge in [-0.1, -0.05) is 6.07 Å². The Hall–Kier alpha value is -0.980. The third-order valence-corrected chi connectivity index (χ3v) is 6.24. The summed E-state index contributed by atoms with van der Waals surface area (Å²) in [5.41, 5.74) is 0.591. The summed E-state index contributed by atoms with van der Waals surface area (Å²) >= 11 is 5.84. The molecule has 1 aliphatic rings. The van der Waals surface area contributed by atoms with Crippen molar-refractivity contribution in [1.29, 1.82) is 0 Å². The number of ether oxygens (including phenoxy) is 1. The zero-order chi connectivity index (χ0) is 15.5. The number of anilines is 1. The van der Waals surface area contributed by atoms with Gasteiger partial charge in [0.1, 0.15) is 5.75 Å². The molecule has 118 valence electrons. The number of hydrogen-bond acceptors (Lipinski definition) is 3. The smallest absolute Gasteiger partial charge is 0.303 e. The second kappa shape index (κ2) is 6.85. The Morgan fingerprint density at radius 1 is 1.38 bits per heavy atom. The van der Waals surface area contributed by atoms with E-state index in [0.29, 0.717) is 36.3 Å². The van der Waals surface area contributed by atoms with Crippen molar-refractivity contribution in [2.45, 2.75) is 12.8 Å². The van der Waals surface area contributed by atoms with Crippen LogP contribution in [0.2, 0.25) is 0 Å². The number of hydrogen-bond donors (Lipinski definition) is 0. The highest BCUT2D eigenvalue weighted by Crippen LogP contribution is 2.26. The highest BCUT2D eigenvalue weighted by Gasteiger charge is 2.31. The summed E-state index contributed by atoms with van der Waals surface area (Å²) in [6, 6.07) is 7.03. The normalized spacial score (nSPS) is 17.7. The van der Waals surface area contributed by atoms with Crippen LogP contribution in [0.5, 0.6) is 5.75 Å². The lowest BCUT2D eigenvalue weighted by molar-refractivity contribution is 0.290. The van der Waals surface area contributed by atoms with E-state index in [4.69, 9.17) is 16.3 Å². The highest BCUT2D eigenvalue weighted by molar-refractivity contribution is 7.90. The molecule has 1 aromatic rings. The van der Waals surface area contributed by atoms with E-state index in [-0.39, 0.29) is 0 Å². The first kappa shape index (κ1) is 16.4. The second-order valence-electron chi connectivity index (χ2n) is 5.17. The molecule has 21 heavy (non-hydrogen) atoms. The number of alkyl halides is 1. The number of rotatable bonds is 5. The fourth-order valence-electron chi connectivity index (χ4n) is 2.41. The van der Waals surface area contributed by atoms with E-state index in [0.717, 1.165) is 12.8 Å². The van der Waals surface area contributed by atoms with E-state index in [9.17, 15) is 8.42 Å². The largest absolute Gasteiger partial charge is 0.497 e. The maximum atomic E-state index is 12.7. The fourth-order valence-corrected chi connectivity index (χ4v) is 4.11. The maximum Gasteiger partial charge on any atom is 0.303 e. The van der Waals surface area contributed by atoms with Crippen LogP contribution in [-0.2, 0) is 10.2 Å². The molecule has 0 aromatic heterocycles. The molecule has 1 aliphatic heterocycles. The lowest BCUT2D eigenvalue weighted by atomic mass is 10.0. The minimum Gasteiger partial charge on any atom is -0.497 e. The number of nitrogens with zero attached hydrogens (tertiary/aromatic N) is 2. The average molecular weight is 333 g/mol. The predicted octanol–water partition coefficient (Wildman–Crippen LogP) is 2.33. The minimum absolute atomic E-state index is 0.417. The summed E-state index contributed by atoms with van der Waals surface area (Å²) in [6.07, 6.45) is 1.63. The molecule has 1 aromatic carbocycles. The van der Waals surface area contributed by atoms with Gasteiger partial charge in [-0.3, -0.25) is 4.31 Å². The Kier molecular flexibility index (Phi) is 5.35. The van der Waals surface area contributed by atoms with Gasteiger partial charge < -0.3 is 4.74 Å². The molecule has 0 unspecified atom stereocenters. The predicted molar refractivity (Wildman–Crippen MR) is 85.3 cm³/mol. The first-order valence-corrected chi connectivity index (χ1v) is 8.86. The third-order valence-electron chi connectivity index (χ3n) is 3.88. The van der Waals surface area contributed by atoms with E-state index in [1.165, 1.54) is 8.61 Å². The SMILES string of the molecule is COc1cccc(N(C)S(=O)(=O)N2CCC(CCl)CC2)c1. The van der Waals surface area contributed by atoms with Crippen LogP contribution in [0.15, 0.2) is 24.3 Å². The minimum atomic E-state index is -3.50. The van der Waals surface area contributed by atoms with E-state index < -0.39 is 10.2 Å². The molecule has 0 N–H and O–H groups in total. The first-order valence-electron chi connectivity index (χ1n) is 6.93. The van der Waals surface area contributed by atoms with E-state index in [2.05, 4.69) is 0 Å². The van der Waals surface area contributed by atoms with Gasteiger partial charge >= 0.3 is 10.2 Å². The van der Waals surface area contributed by atoms with Crippen LogP contribution in [0, 0.1) is 5.92 Å². The van der Waals surface area contributed by atoms with Crippen molar-refractivity contribution in [3.8, 4) is 5.75 Å². The van der Waals surface area contributed by atoms with Gasteiger partial charge in [-0.05, 0) is 30.9 Å². The van der Waals surface area contributed by atoms with Crippen LogP contribution in [0.3, 0.4) is 0 Å². The molecule has 0 saturated carbocycles. The Morgan fingerprint density at radius 3 is 2.62 bits per heavy atom. The van der Waals surface area contributed by atoms with Gasteiger partial charge in [0.25, 0.3) is 0 Å². The maximum absolute atomic E-state index is 12.7. The molecular formula is C14H21ClN2O3S. The fraction of sp³-hybridized carbons (Fsp3) is 0.571. The first-order chi connectivity index (χ1) is 9.98. The van der Waals surface area contributed by atoms with Gasteiger partial charge in [-0.25, -0.2) is 0 Å². The average Bonchev–Trinajstić information content (AvgIpc) is 2.54. The quantitative estimate of drug-likeness (QED) is 0.778. The van der Waals surface area contributed by atoms with Crippen LogP contribution in [0.1, 0.15) is 12.8 Å². The zero-order valence-electron chi connectivity index (χ0n) is 12.3. The van der Waals surface area contributed by atoms with Gasteiger partial charge in [-0.2, -0.15) is 12.7 Å². The molecule has 0 atom stereocenters. The summed E-state index contributed by atoms with van der Waals surface area (Å²) in [5.74, 6) is 1.65. The van der Waals surface area contributed by atoms with Gasteiger partial charge in [-0.15, -0.1) is 11.6 Å². The molecular weight excluding hydrogens is 312 g/mol. The zero-order valence-corrected chi connectivity index (χ0v) is 13.9. The van der Waals surface area contributed by atoms with Crippen LogP contribution < -0.4 is 9.04 Å². The summed E-state index contributed by atoms with van der Waals surface area (Å²) in [5, 5.41) is 0. The van der Waals surface area contributed by atoms with Crippen molar-refractivity contribution in [2.24, 2.45) is 5.92 Å². The highest BCUT2D eigenvalue weighted by atomic mass is 35.5. The Labute approximate surface area is 131 Å². The molecule has 0 amide bonds. The van der Waals surface area contributed by atoms with E-state index in [1.54, 1.807) is 38.4 Å². The lowest BCUT2D eigenvalue weighted by Gasteiger charge is -2.33. The Bertz CT molecular complexity index is 571. The molecule has 2 rings (SSSR count). The molecule has 1 heterocycles. The molecule has 0 aliphatic carbocycles. The number of methoxy groups -OCH3 is 1. The number of benzene rings is 1. The third kappa shape index (κ3) is 3.62. The van der Waals surface area contributed by atoms with Crippen LogP contribution in [0.4, 0.5) is 5.69 Å². The molecule has 7 heteroatoms. The molecule has 0 bridgehead atoms. The number of piperidine rings is 1. The topological polar surface area (TPSA) is 49.9 Å². The monoisotopic (exact) mass is 332 g/mol. The lowest BCUT2D eigenvalue weighted by Crippen LogP contribution is -2.46. The van der Waals surface area contributed by atoms with Gasteiger partial charge in [0, 0.05) is 32.1 Å². The summed E-state index contributed by atoms with van der Waals surface area (Å²) in [6.45, 7) is 1.04. The van der Waals surface area contributed by atoms with Crippen LogP contribution in [0.25, 0.3) is 0 Å². The standard InChI is InChI=1S/C14H21ClN2O3S/c1-16(13-4-3-5-14(10-13)20-2)21(18,19)17-8-6-12(11-15)7-9-17/h3-5,10,12H,6-9,11H2,1-2H3. The molecule has 0 spiro atoms. The van der Waals surface area contributed by atoms with Crippen molar-refractivity contribution in [3.63, 3.8) is 0 Å². The van der Waals surface area contributed by atoms with E-state index in [1.807, 2.05) is 0 Å². The van der Waals surface area contributed by atoms with Crippen molar-refractivity contribution >= 4 is 27.5 Å². The van der Waals surface area contributed by atoms with Gasteiger partial charge in [0.2, 0.25) is 0 Å². The Morgan fingerprint density at radius 2 is 2.05 bits per heavy atom. The van der Waals surface area contributed by atoms with Gasteiger partial charge in [0.05, 0.1) is 12.8 Å². The van der Waals surface area contributed by atoms with Crippen LogP contribution in [-0.4, -0.2) is 45.8 Å². The van der Waals surface area contributed by atoms with E-state index >= 15 is 0 Å². The van der Waals surface area contributed by atoms with Crippen molar-refractivity contribution < 1.29 is 13.2 Å². The van der Waals surface area contributed by atoms with Crippen molar-refractivity contribution in [2.75, 3.05) is 37.4 Å². The summed E-state index contributed by atoms with van der Waals surface area (Å²) in [4.78, 5) is 0. The van der Waals surface area contributed by atoms with Crippen molar-refractivity contribution in [3.05, 3.63) is 24.3 Å². The summed E-state index contributed by atoms with van der Waals surface area (Å²) in [7, 11) is -0.376.